The first-order valence-corrected chi connectivity index (χ1v) is 4.98. The molecule has 0 amide bonds. The van der Waals surface area contributed by atoms with Crippen LogP contribution in [0.25, 0.3) is 16.7 Å². The number of carboxylic acids is 1. The number of phenols is 1. The molecule has 18 heavy (non-hydrogen) atoms. The Morgan fingerprint density at radius 1 is 1.22 bits per heavy atom. The molecular weight excluding hydrogens is 238 g/mol. The summed E-state index contributed by atoms with van der Waals surface area (Å²) in [7, 11) is 0. The molecule has 1 aromatic heterocycles. The van der Waals surface area contributed by atoms with Crippen molar-refractivity contribution in [1.82, 2.24) is 4.98 Å². The standard InChI is InChI=1S/C12H9NO5/c14-8-3-1-2-7-11(8)6(5-13-7)9(15)4-10(16)12(17)18/h1-5,13-15H,(H,17,18)/b9-4-. The zero-order chi connectivity index (χ0) is 13.3. The molecule has 0 saturated carbocycles. The van der Waals surface area contributed by atoms with Crippen LogP contribution >= 0.6 is 0 Å². The fourth-order valence-electron chi connectivity index (χ4n) is 1.63. The number of hydrogen-bond acceptors (Lipinski definition) is 4. The number of carbonyl (C=O) groups is 2. The number of carboxylic acid groups (broad SMARTS) is 1. The Morgan fingerprint density at radius 3 is 2.61 bits per heavy atom. The molecule has 2 rings (SSSR count). The van der Waals surface area contributed by atoms with Gasteiger partial charge in [0.1, 0.15) is 11.5 Å². The van der Waals surface area contributed by atoms with Gasteiger partial charge in [-0.1, -0.05) is 6.07 Å². The molecular formula is C12H9NO5. The van der Waals surface area contributed by atoms with Crippen molar-refractivity contribution in [2.45, 2.75) is 0 Å². The SMILES string of the molecule is O=C(O)C(=O)/C=C(\O)c1c[nH]c2cccc(O)c12. The van der Waals surface area contributed by atoms with E-state index in [-0.39, 0.29) is 11.3 Å². The summed E-state index contributed by atoms with van der Waals surface area (Å²) in [5, 5.41) is 28.1. The molecule has 4 N–H and O–H groups in total. The Bertz CT molecular complexity index is 668. The number of carbonyl (C=O) groups excluding carboxylic acids is 1. The number of rotatable bonds is 3. The molecule has 1 aromatic carbocycles. The highest BCUT2D eigenvalue weighted by Crippen LogP contribution is 2.30. The van der Waals surface area contributed by atoms with Crippen LogP contribution in [0.1, 0.15) is 5.56 Å². The van der Waals surface area contributed by atoms with Crippen molar-refractivity contribution >= 4 is 28.4 Å². The van der Waals surface area contributed by atoms with E-state index in [1.165, 1.54) is 12.3 Å². The molecule has 1 heterocycles. The van der Waals surface area contributed by atoms with E-state index in [0.29, 0.717) is 17.0 Å². The molecule has 0 aliphatic heterocycles. The van der Waals surface area contributed by atoms with Gasteiger partial charge < -0.3 is 20.3 Å². The third kappa shape index (κ3) is 1.91. The second kappa shape index (κ2) is 4.25. The number of aromatic hydroxyl groups is 1. The summed E-state index contributed by atoms with van der Waals surface area (Å²) >= 11 is 0. The highest BCUT2D eigenvalue weighted by molar-refractivity contribution is 6.38. The first kappa shape index (κ1) is 11.7. The van der Waals surface area contributed by atoms with Crippen LogP contribution in [0.4, 0.5) is 0 Å². The summed E-state index contributed by atoms with van der Waals surface area (Å²) in [5.74, 6) is -3.50. The maximum Gasteiger partial charge on any atom is 0.376 e. The number of nitrogens with one attached hydrogen (secondary N) is 1. The molecule has 0 fully saturated rings. The van der Waals surface area contributed by atoms with E-state index >= 15 is 0 Å². The van der Waals surface area contributed by atoms with Crippen molar-refractivity contribution in [3.8, 4) is 5.75 Å². The van der Waals surface area contributed by atoms with Gasteiger partial charge in [0.15, 0.2) is 0 Å². The second-order valence-electron chi connectivity index (χ2n) is 3.60. The van der Waals surface area contributed by atoms with Gasteiger partial charge in [0, 0.05) is 23.4 Å². The predicted octanol–water partition coefficient (Wildman–Crippen LogP) is 1.43. The molecule has 0 aliphatic rings. The van der Waals surface area contributed by atoms with E-state index in [4.69, 9.17) is 5.11 Å². The third-order valence-electron chi connectivity index (χ3n) is 2.44. The molecule has 0 bridgehead atoms. The minimum Gasteiger partial charge on any atom is -0.507 e. The summed E-state index contributed by atoms with van der Waals surface area (Å²) < 4.78 is 0. The fraction of sp³-hybridized carbons (Fsp3) is 0. The number of aromatic nitrogens is 1. The molecule has 92 valence electrons. The lowest BCUT2D eigenvalue weighted by atomic mass is 10.1. The molecule has 6 nitrogen and oxygen atoms in total. The van der Waals surface area contributed by atoms with Gasteiger partial charge in [-0.2, -0.15) is 0 Å². The van der Waals surface area contributed by atoms with Crippen LogP contribution < -0.4 is 0 Å². The van der Waals surface area contributed by atoms with Gasteiger partial charge >= 0.3 is 5.97 Å². The van der Waals surface area contributed by atoms with Gasteiger partial charge in [0.05, 0.1) is 5.39 Å². The van der Waals surface area contributed by atoms with Gasteiger partial charge in [-0.3, -0.25) is 4.79 Å². The average Bonchev–Trinajstić information content (AvgIpc) is 2.74. The van der Waals surface area contributed by atoms with Crippen LogP contribution in [0.2, 0.25) is 0 Å². The number of aliphatic hydroxyl groups excluding tert-OH is 1. The number of aliphatic carboxylic acids is 1. The molecule has 0 saturated heterocycles. The average molecular weight is 247 g/mol. The Morgan fingerprint density at radius 2 is 1.94 bits per heavy atom. The van der Waals surface area contributed by atoms with Crippen molar-refractivity contribution in [3.63, 3.8) is 0 Å². The number of benzene rings is 1. The number of hydrogen-bond donors (Lipinski definition) is 4. The number of aromatic amines is 1. The van der Waals surface area contributed by atoms with Crippen LogP contribution in [-0.4, -0.2) is 32.1 Å². The van der Waals surface area contributed by atoms with E-state index in [1.54, 1.807) is 12.1 Å². The zero-order valence-corrected chi connectivity index (χ0v) is 9.04. The number of fused-ring (bicyclic) bond motifs is 1. The summed E-state index contributed by atoms with van der Waals surface area (Å²) in [6, 6.07) is 4.71. The molecule has 0 unspecified atom stereocenters. The fourth-order valence-corrected chi connectivity index (χ4v) is 1.63. The highest BCUT2D eigenvalue weighted by atomic mass is 16.4. The topological polar surface area (TPSA) is 111 Å². The lowest BCUT2D eigenvalue weighted by Gasteiger charge is -1.99. The first-order chi connectivity index (χ1) is 8.50. The molecule has 2 aromatic rings. The quantitative estimate of drug-likeness (QED) is 0.372. The van der Waals surface area contributed by atoms with E-state index in [0.717, 1.165) is 0 Å². The first-order valence-electron chi connectivity index (χ1n) is 4.98. The molecule has 6 heteroatoms. The van der Waals surface area contributed by atoms with E-state index in [9.17, 15) is 19.8 Å². The smallest absolute Gasteiger partial charge is 0.376 e. The largest absolute Gasteiger partial charge is 0.507 e. The lowest BCUT2D eigenvalue weighted by Crippen LogP contribution is -2.09. The normalized spacial score (nSPS) is 11.7. The maximum atomic E-state index is 11.0. The summed E-state index contributed by atoms with van der Waals surface area (Å²) in [6.45, 7) is 0. The van der Waals surface area contributed by atoms with Crippen molar-refractivity contribution in [3.05, 3.63) is 36.0 Å². The Hall–Kier alpha value is -2.76. The van der Waals surface area contributed by atoms with Crippen LogP contribution in [0.3, 0.4) is 0 Å². The summed E-state index contributed by atoms with van der Waals surface area (Å²) in [4.78, 5) is 24.1. The Kier molecular flexibility index (Phi) is 2.77. The summed E-state index contributed by atoms with van der Waals surface area (Å²) in [5.41, 5.74) is 0.727. The molecule has 0 aliphatic carbocycles. The molecule has 0 spiro atoms. The minimum absolute atomic E-state index is 0.0773. The van der Waals surface area contributed by atoms with Crippen molar-refractivity contribution in [2.24, 2.45) is 0 Å². The number of ketones is 1. The van der Waals surface area contributed by atoms with Gasteiger partial charge in [0.2, 0.25) is 0 Å². The number of phenolic OH excluding ortho intramolecular Hbond substituents is 1. The van der Waals surface area contributed by atoms with Crippen molar-refractivity contribution in [2.75, 3.05) is 0 Å². The molecule has 0 radical (unpaired) electrons. The zero-order valence-electron chi connectivity index (χ0n) is 9.04. The summed E-state index contributed by atoms with van der Waals surface area (Å²) in [6.07, 6.45) is 1.97. The van der Waals surface area contributed by atoms with Crippen LogP contribution in [0, 0.1) is 0 Å². The van der Waals surface area contributed by atoms with Crippen molar-refractivity contribution < 1.29 is 24.9 Å². The minimum atomic E-state index is -1.66. The van der Waals surface area contributed by atoms with Crippen LogP contribution in [0.5, 0.6) is 5.75 Å². The van der Waals surface area contributed by atoms with Gasteiger partial charge in [0.25, 0.3) is 5.78 Å². The monoisotopic (exact) mass is 247 g/mol. The Balaban J connectivity index is 2.55. The second-order valence-corrected chi connectivity index (χ2v) is 3.60. The van der Waals surface area contributed by atoms with Crippen LogP contribution in [-0.2, 0) is 9.59 Å². The van der Waals surface area contributed by atoms with E-state index < -0.39 is 17.5 Å². The van der Waals surface area contributed by atoms with Gasteiger partial charge in [-0.05, 0) is 12.1 Å². The predicted molar refractivity (Wildman–Crippen MR) is 63.2 cm³/mol. The maximum absolute atomic E-state index is 11.0. The van der Waals surface area contributed by atoms with E-state index in [1.807, 2.05) is 0 Å². The van der Waals surface area contributed by atoms with Gasteiger partial charge in [-0.25, -0.2) is 4.79 Å². The van der Waals surface area contributed by atoms with E-state index in [2.05, 4.69) is 4.98 Å². The highest BCUT2D eigenvalue weighted by Gasteiger charge is 2.15. The number of aliphatic hydroxyl groups is 1. The molecule has 0 atom stereocenters. The van der Waals surface area contributed by atoms with Gasteiger partial charge in [-0.15, -0.1) is 0 Å². The third-order valence-corrected chi connectivity index (χ3v) is 2.44. The lowest BCUT2D eigenvalue weighted by molar-refractivity contribution is -0.146. The number of H-pyrrole nitrogens is 1. The van der Waals surface area contributed by atoms with Crippen LogP contribution in [0.15, 0.2) is 30.5 Å². The van der Waals surface area contributed by atoms with Crippen molar-refractivity contribution in [1.29, 1.82) is 0 Å². The Labute approximate surface area is 101 Å².